The van der Waals surface area contributed by atoms with Crippen molar-refractivity contribution < 1.29 is 18.5 Å². The molecule has 0 aliphatic carbocycles. The summed E-state index contributed by atoms with van der Waals surface area (Å²) in [5.74, 6) is 0. The van der Waals surface area contributed by atoms with Crippen molar-refractivity contribution in [2.24, 2.45) is 0 Å². The summed E-state index contributed by atoms with van der Waals surface area (Å²) in [6.45, 7) is 0. The second kappa shape index (κ2) is 4.26. The van der Waals surface area contributed by atoms with Crippen molar-refractivity contribution in [2.45, 2.75) is 6.43 Å². The number of pyridine rings is 1. The second-order valence-corrected chi connectivity index (χ2v) is 2.79. The summed E-state index contributed by atoms with van der Waals surface area (Å²) < 4.78 is 24.9. The highest BCUT2D eigenvalue weighted by Gasteiger charge is 2.28. The molecule has 0 saturated heterocycles. The average molecular weight is 237 g/mol. The van der Waals surface area contributed by atoms with Gasteiger partial charge in [0.2, 0.25) is 0 Å². The minimum absolute atomic E-state index is 0.644. The molecule has 0 saturated carbocycles. The van der Waals surface area contributed by atoms with E-state index in [1.165, 1.54) is 0 Å². The summed E-state index contributed by atoms with van der Waals surface area (Å²) in [7, 11) is 0. The van der Waals surface area contributed by atoms with Crippen LogP contribution in [0.5, 0.6) is 0 Å². The number of halogens is 3. The molecule has 0 fully saturated rings. The lowest BCUT2D eigenvalue weighted by Gasteiger charge is -2.04. The van der Waals surface area contributed by atoms with Gasteiger partial charge in [0.25, 0.3) is 17.4 Å². The van der Waals surface area contributed by atoms with E-state index in [4.69, 9.17) is 11.6 Å². The van der Waals surface area contributed by atoms with Crippen LogP contribution in [0.25, 0.3) is 0 Å². The molecular formula is C7H3ClF2N2O3. The third-order valence-electron chi connectivity index (χ3n) is 1.59. The third kappa shape index (κ3) is 2.24. The number of hydrogen-bond acceptors (Lipinski definition) is 4. The fourth-order valence-electron chi connectivity index (χ4n) is 0.991. The smallest absolute Gasteiger partial charge is 0.276 e. The van der Waals surface area contributed by atoms with Crippen LogP contribution in [0, 0.1) is 10.1 Å². The minimum atomic E-state index is -3.16. The fraction of sp³-hybridized carbons (Fsp3) is 0.143. The Balaban J connectivity index is 3.48. The van der Waals surface area contributed by atoms with Gasteiger partial charge in [-0.05, 0) is 11.6 Å². The molecule has 0 N–H and O–H groups in total. The lowest BCUT2D eigenvalue weighted by atomic mass is 10.1. The van der Waals surface area contributed by atoms with E-state index in [0.717, 1.165) is 6.20 Å². The molecule has 0 bridgehead atoms. The maximum Gasteiger partial charge on any atom is 0.297 e. The number of hydrogen-bond donors (Lipinski definition) is 0. The van der Waals surface area contributed by atoms with Gasteiger partial charge in [-0.3, -0.25) is 19.9 Å². The van der Waals surface area contributed by atoms with Crippen molar-refractivity contribution in [1.82, 2.24) is 4.98 Å². The van der Waals surface area contributed by atoms with Gasteiger partial charge in [0.05, 0.1) is 10.5 Å². The van der Waals surface area contributed by atoms with Crippen LogP contribution >= 0.6 is 11.6 Å². The lowest BCUT2D eigenvalue weighted by Crippen LogP contribution is -2.04. The van der Waals surface area contributed by atoms with Gasteiger partial charge in [0.15, 0.2) is 0 Å². The Bertz CT molecular complexity index is 392. The van der Waals surface area contributed by atoms with Gasteiger partial charge in [-0.15, -0.1) is 0 Å². The number of aromatic nitrogens is 1. The Labute approximate surface area is 86.8 Å². The predicted octanol–water partition coefficient (Wildman–Crippen LogP) is 2.31. The molecule has 15 heavy (non-hydrogen) atoms. The average Bonchev–Trinajstić information content (AvgIpc) is 2.16. The molecule has 0 atom stereocenters. The van der Waals surface area contributed by atoms with E-state index in [-0.39, 0.29) is 0 Å². The zero-order valence-electron chi connectivity index (χ0n) is 6.99. The van der Waals surface area contributed by atoms with Crippen LogP contribution in [0.1, 0.15) is 22.3 Å². The van der Waals surface area contributed by atoms with Gasteiger partial charge >= 0.3 is 0 Å². The van der Waals surface area contributed by atoms with Gasteiger partial charge in [0.1, 0.15) is 11.8 Å². The largest absolute Gasteiger partial charge is 0.297 e. The summed E-state index contributed by atoms with van der Waals surface area (Å²) >= 11 is 4.99. The molecule has 0 spiro atoms. The number of carbonyl (C=O) groups excluding carboxylic acids is 1. The van der Waals surface area contributed by atoms with E-state index in [1.807, 2.05) is 0 Å². The Morgan fingerprint density at radius 3 is 2.53 bits per heavy atom. The SMILES string of the molecule is O=C(Cl)c1cncc([N+](=O)[O-])c1C(F)F. The number of carbonyl (C=O) groups is 1. The Morgan fingerprint density at radius 2 is 2.13 bits per heavy atom. The number of alkyl halides is 2. The maximum atomic E-state index is 12.5. The topological polar surface area (TPSA) is 73.1 Å². The van der Waals surface area contributed by atoms with Crippen LogP contribution in [0.4, 0.5) is 14.5 Å². The van der Waals surface area contributed by atoms with Crippen LogP contribution in [-0.2, 0) is 0 Å². The van der Waals surface area contributed by atoms with Crippen LogP contribution in [0.15, 0.2) is 12.4 Å². The standard InChI is InChI=1S/C7H3ClF2N2O3/c8-6(13)3-1-11-2-4(12(14)15)5(3)7(9)10/h1-2,7H. The second-order valence-electron chi connectivity index (χ2n) is 2.45. The Morgan fingerprint density at radius 1 is 1.53 bits per heavy atom. The highest BCUT2D eigenvalue weighted by Crippen LogP contribution is 2.31. The highest BCUT2D eigenvalue weighted by atomic mass is 35.5. The first kappa shape index (κ1) is 11.4. The van der Waals surface area contributed by atoms with E-state index in [9.17, 15) is 23.7 Å². The molecule has 1 heterocycles. The monoisotopic (exact) mass is 236 g/mol. The zero-order chi connectivity index (χ0) is 11.6. The molecule has 0 aromatic carbocycles. The van der Waals surface area contributed by atoms with Crippen LogP contribution in [0.2, 0.25) is 0 Å². The number of nitrogens with zero attached hydrogens (tertiary/aromatic N) is 2. The van der Waals surface area contributed by atoms with E-state index < -0.39 is 33.4 Å². The minimum Gasteiger partial charge on any atom is -0.276 e. The summed E-state index contributed by atoms with van der Waals surface area (Å²) in [6.07, 6.45) is -1.75. The van der Waals surface area contributed by atoms with Gasteiger partial charge in [-0.25, -0.2) is 8.78 Å². The molecule has 0 unspecified atom stereocenters. The summed E-state index contributed by atoms with van der Waals surface area (Å²) in [6, 6.07) is 0. The molecule has 0 radical (unpaired) electrons. The molecule has 1 aromatic heterocycles. The normalized spacial score (nSPS) is 10.4. The van der Waals surface area contributed by atoms with E-state index in [2.05, 4.69) is 4.98 Å². The van der Waals surface area contributed by atoms with Gasteiger partial charge in [-0.1, -0.05) is 0 Å². The van der Waals surface area contributed by atoms with Crippen LogP contribution in [-0.4, -0.2) is 15.1 Å². The molecule has 8 heteroatoms. The summed E-state index contributed by atoms with van der Waals surface area (Å²) in [5.41, 5.74) is -2.58. The first-order valence-corrected chi connectivity index (χ1v) is 3.93. The van der Waals surface area contributed by atoms with Crippen molar-refractivity contribution in [3.8, 4) is 0 Å². The van der Waals surface area contributed by atoms with Crippen molar-refractivity contribution >= 4 is 22.5 Å². The van der Waals surface area contributed by atoms with Gasteiger partial charge in [-0.2, -0.15) is 0 Å². The Hall–Kier alpha value is -1.63. The third-order valence-corrected chi connectivity index (χ3v) is 1.80. The number of nitro groups is 1. The molecule has 0 amide bonds. The quantitative estimate of drug-likeness (QED) is 0.459. The molecule has 5 nitrogen and oxygen atoms in total. The zero-order valence-corrected chi connectivity index (χ0v) is 7.74. The predicted molar refractivity (Wildman–Crippen MR) is 46.0 cm³/mol. The van der Waals surface area contributed by atoms with Gasteiger partial charge in [0, 0.05) is 6.20 Å². The van der Waals surface area contributed by atoms with Crippen molar-refractivity contribution in [1.29, 1.82) is 0 Å². The lowest BCUT2D eigenvalue weighted by molar-refractivity contribution is -0.386. The maximum absolute atomic E-state index is 12.5. The van der Waals surface area contributed by atoms with E-state index in [0.29, 0.717) is 6.20 Å². The van der Waals surface area contributed by atoms with Crippen molar-refractivity contribution in [2.75, 3.05) is 0 Å². The Kier molecular flexibility index (Phi) is 3.25. The molecule has 0 aliphatic heterocycles. The first-order chi connectivity index (χ1) is 6.95. The highest BCUT2D eigenvalue weighted by molar-refractivity contribution is 6.67. The summed E-state index contributed by atoms with van der Waals surface area (Å²) in [5, 5.41) is 9.17. The molecule has 80 valence electrons. The van der Waals surface area contributed by atoms with E-state index >= 15 is 0 Å². The van der Waals surface area contributed by atoms with Crippen LogP contribution < -0.4 is 0 Å². The van der Waals surface area contributed by atoms with Crippen molar-refractivity contribution in [3.63, 3.8) is 0 Å². The molecule has 0 aliphatic rings. The van der Waals surface area contributed by atoms with Crippen LogP contribution in [0.3, 0.4) is 0 Å². The molecular weight excluding hydrogens is 234 g/mol. The fourth-order valence-corrected chi connectivity index (χ4v) is 1.14. The first-order valence-electron chi connectivity index (χ1n) is 3.55. The van der Waals surface area contributed by atoms with Gasteiger partial charge < -0.3 is 0 Å². The van der Waals surface area contributed by atoms with E-state index in [1.54, 1.807) is 0 Å². The summed E-state index contributed by atoms with van der Waals surface area (Å²) in [4.78, 5) is 23.3. The van der Waals surface area contributed by atoms with Crippen molar-refractivity contribution in [3.05, 3.63) is 33.6 Å². The molecule has 1 aromatic rings. The molecule has 1 rings (SSSR count). The number of rotatable bonds is 3.